The van der Waals surface area contributed by atoms with Gasteiger partial charge in [0.05, 0.1) is 11.4 Å². The molecule has 2 aromatic carbocycles. The van der Waals surface area contributed by atoms with E-state index in [-0.39, 0.29) is 0 Å². The van der Waals surface area contributed by atoms with E-state index < -0.39 is 0 Å². The Labute approximate surface area is 152 Å². The predicted octanol–water partition coefficient (Wildman–Crippen LogP) is 6.22. The van der Waals surface area contributed by atoms with E-state index in [4.69, 9.17) is 21.6 Å². The first-order valence-corrected chi connectivity index (χ1v) is 8.25. The van der Waals surface area contributed by atoms with E-state index >= 15 is 0 Å². The highest BCUT2D eigenvalue weighted by molar-refractivity contribution is 6.30. The molecule has 0 aliphatic rings. The SMILES string of the molecule is C=C/C=C(\C=C)c1nc(-c2ccccc2)cc(-c2ccc(Cl)cc2)n1. The number of rotatable bonds is 5. The molecule has 0 aliphatic carbocycles. The molecule has 1 heterocycles. The Morgan fingerprint density at radius 3 is 2.00 bits per heavy atom. The maximum absolute atomic E-state index is 6.01. The van der Waals surface area contributed by atoms with Gasteiger partial charge in [-0.3, -0.25) is 0 Å². The summed E-state index contributed by atoms with van der Waals surface area (Å²) >= 11 is 6.01. The molecule has 0 spiro atoms. The lowest BCUT2D eigenvalue weighted by atomic mass is 10.1. The monoisotopic (exact) mass is 344 g/mol. The van der Waals surface area contributed by atoms with Crippen molar-refractivity contribution in [3.63, 3.8) is 0 Å². The van der Waals surface area contributed by atoms with Gasteiger partial charge in [0.25, 0.3) is 0 Å². The minimum absolute atomic E-state index is 0.612. The molecule has 0 amide bonds. The van der Waals surface area contributed by atoms with Crippen LogP contribution >= 0.6 is 11.6 Å². The van der Waals surface area contributed by atoms with Crippen molar-refractivity contribution in [3.05, 3.63) is 103 Å². The van der Waals surface area contributed by atoms with Gasteiger partial charge in [0.15, 0.2) is 5.82 Å². The van der Waals surface area contributed by atoms with Crippen LogP contribution in [0.1, 0.15) is 5.82 Å². The number of aromatic nitrogens is 2. The molecule has 25 heavy (non-hydrogen) atoms. The number of benzene rings is 2. The molecule has 0 saturated carbocycles. The largest absolute Gasteiger partial charge is 0.228 e. The summed E-state index contributed by atoms with van der Waals surface area (Å²) in [5.74, 6) is 0.612. The Balaban J connectivity index is 2.21. The van der Waals surface area contributed by atoms with Crippen LogP contribution in [0, 0.1) is 0 Å². The fourth-order valence-electron chi connectivity index (χ4n) is 2.46. The van der Waals surface area contributed by atoms with Gasteiger partial charge in [-0.05, 0) is 18.2 Å². The molecule has 0 atom stereocenters. The van der Waals surface area contributed by atoms with Gasteiger partial charge in [0, 0.05) is 21.7 Å². The highest BCUT2D eigenvalue weighted by Gasteiger charge is 2.10. The lowest BCUT2D eigenvalue weighted by Gasteiger charge is -2.09. The second-order valence-corrected chi connectivity index (χ2v) is 5.83. The van der Waals surface area contributed by atoms with Gasteiger partial charge in [-0.2, -0.15) is 0 Å². The summed E-state index contributed by atoms with van der Waals surface area (Å²) in [6.07, 6.45) is 5.29. The van der Waals surface area contributed by atoms with Crippen molar-refractivity contribution < 1.29 is 0 Å². The zero-order valence-corrected chi connectivity index (χ0v) is 14.4. The van der Waals surface area contributed by atoms with Crippen LogP contribution in [-0.2, 0) is 0 Å². The lowest BCUT2D eigenvalue weighted by molar-refractivity contribution is 1.13. The van der Waals surface area contributed by atoms with Crippen LogP contribution in [-0.4, -0.2) is 9.97 Å². The summed E-state index contributed by atoms with van der Waals surface area (Å²) in [6, 6.07) is 19.6. The summed E-state index contributed by atoms with van der Waals surface area (Å²) in [4.78, 5) is 9.42. The second-order valence-electron chi connectivity index (χ2n) is 5.40. The average molecular weight is 345 g/mol. The minimum atomic E-state index is 0.612. The molecule has 2 nitrogen and oxygen atoms in total. The summed E-state index contributed by atoms with van der Waals surface area (Å²) in [7, 11) is 0. The third-order valence-corrected chi connectivity index (χ3v) is 3.96. The van der Waals surface area contributed by atoms with E-state index in [9.17, 15) is 0 Å². The quantitative estimate of drug-likeness (QED) is 0.513. The van der Waals surface area contributed by atoms with Gasteiger partial charge in [-0.1, -0.05) is 85.5 Å². The number of halogens is 1. The first-order chi connectivity index (χ1) is 12.2. The molecule has 0 unspecified atom stereocenters. The fraction of sp³-hybridized carbons (Fsp3) is 0. The third kappa shape index (κ3) is 3.93. The molecule has 1 aromatic heterocycles. The number of hydrogen-bond donors (Lipinski definition) is 0. The van der Waals surface area contributed by atoms with Gasteiger partial charge >= 0.3 is 0 Å². The molecule has 122 valence electrons. The Morgan fingerprint density at radius 2 is 1.44 bits per heavy atom. The van der Waals surface area contributed by atoms with E-state index in [1.165, 1.54) is 0 Å². The molecule has 0 aliphatic heterocycles. The Bertz CT molecular complexity index is 926. The molecule has 3 heteroatoms. The second kappa shape index (κ2) is 7.73. The van der Waals surface area contributed by atoms with Gasteiger partial charge in [-0.25, -0.2) is 9.97 Å². The third-order valence-electron chi connectivity index (χ3n) is 3.71. The molecule has 3 rings (SSSR count). The minimum Gasteiger partial charge on any atom is -0.228 e. The Morgan fingerprint density at radius 1 is 0.840 bits per heavy atom. The molecule has 0 saturated heterocycles. The van der Waals surface area contributed by atoms with Crippen LogP contribution in [0.25, 0.3) is 28.1 Å². The topological polar surface area (TPSA) is 25.8 Å². The van der Waals surface area contributed by atoms with Gasteiger partial charge < -0.3 is 0 Å². The highest BCUT2D eigenvalue weighted by Crippen LogP contribution is 2.27. The van der Waals surface area contributed by atoms with E-state index in [1.807, 2.05) is 66.7 Å². The normalized spacial score (nSPS) is 11.2. The highest BCUT2D eigenvalue weighted by atomic mass is 35.5. The molecule has 0 bridgehead atoms. The van der Waals surface area contributed by atoms with Crippen LogP contribution in [0.15, 0.2) is 92.0 Å². The van der Waals surface area contributed by atoms with Crippen LogP contribution in [0.4, 0.5) is 0 Å². The van der Waals surface area contributed by atoms with Gasteiger partial charge in [-0.15, -0.1) is 0 Å². The number of nitrogens with zero attached hydrogens (tertiary/aromatic N) is 2. The first kappa shape index (κ1) is 16.9. The molecule has 0 fully saturated rings. The lowest BCUT2D eigenvalue weighted by Crippen LogP contribution is -1.98. The van der Waals surface area contributed by atoms with E-state index in [2.05, 4.69) is 13.2 Å². The molecular formula is C22H17ClN2. The van der Waals surface area contributed by atoms with E-state index in [1.54, 1.807) is 12.2 Å². The Hall–Kier alpha value is -2.97. The summed E-state index contributed by atoms with van der Waals surface area (Å²) in [5, 5.41) is 0.694. The maximum Gasteiger partial charge on any atom is 0.160 e. The zero-order chi connectivity index (χ0) is 17.6. The van der Waals surface area contributed by atoms with Gasteiger partial charge in [0.1, 0.15) is 0 Å². The van der Waals surface area contributed by atoms with Crippen LogP contribution in [0.3, 0.4) is 0 Å². The molecular weight excluding hydrogens is 328 g/mol. The number of allylic oxidation sites excluding steroid dienone is 4. The van der Waals surface area contributed by atoms with Crippen molar-refractivity contribution >= 4 is 17.2 Å². The smallest absolute Gasteiger partial charge is 0.160 e. The molecule has 3 aromatic rings. The summed E-state index contributed by atoms with van der Waals surface area (Å²) < 4.78 is 0. The van der Waals surface area contributed by atoms with Crippen molar-refractivity contribution in [2.24, 2.45) is 0 Å². The van der Waals surface area contributed by atoms with Crippen molar-refractivity contribution in [2.75, 3.05) is 0 Å². The molecule has 0 radical (unpaired) electrons. The zero-order valence-electron chi connectivity index (χ0n) is 13.7. The van der Waals surface area contributed by atoms with E-state index in [0.717, 1.165) is 28.1 Å². The van der Waals surface area contributed by atoms with Crippen LogP contribution < -0.4 is 0 Å². The predicted molar refractivity (Wildman–Crippen MR) is 106 cm³/mol. The summed E-state index contributed by atoms with van der Waals surface area (Å²) in [6.45, 7) is 7.61. The van der Waals surface area contributed by atoms with Crippen molar-refractivity contribution in [2.45, 2.75) is 0 Å². The van der Waals surface area contributed by atoms with Crippen molar-refractivity contribution in [1.29, 1.82) is 0 Å². The Kier molecular flexibility index (Phi) is 5.22. The maximum atomic E-state index is 6.01. The average Bonchev–Trinajstić information content (AvgIpc) is 2.67. The number of hydrogen-bond acceptors (Lipinski definition) is 2. The first-order valence-electron chi connectivity index (χ1n) is 7.87. The van der Waals surface area contributed by atoms with Crippen molar-refractivity contribution in [3.8, 4) is 22.5 Å². The van der Waals surface area contributed by atoms with Crippen molar-refractivity contribution in [1.82, 2.24) is 9.97 Å². The molecule has 0 N–H and O–H groups in total. The van der Waals surface area contributed by atoms with Crippen LogP contribution in [0.2, 0.25) is 5.02 Å². The summed E-state index contributed by atoms with van der Waals surface area (Å²) in [5.41, 5.74) is 4.52. The van der Waals surface area contributed by atoms with E-state index in [0.29, 0.717) is 10.8 Å². The van der Waals surface area contributed by atoms with Gasteiger partial charge in [0.2, 0.25) is 0 Å². The fourth-order valence-corrected chi connectivity index (χ4v) is 2.59. The standard InChI is InChI=1S/C22H17ClN2/c1-3-8-16(4-2)22-24-20(17-9-6-5-7-10-17)15-21(25-22)18-11-13-19(23)14-12-18/h3-15H,1-2H2/b16-8+. The van der Waals surface area contributed by atoms with Crippen LogP contribution in [0.5, 0.6) is 0 Å².